The quantitative estimate of drug-likeness (QED) is 0.599. The fraction of sp³-hybridized carbons (Fsp3) is 0.375. The van der Waals surface area contributed by atoms with Crippen molar-refractivity contribution in [3.05, 3.63) is 29.0 Å². The summed E-state index contributed by atoms with van der Waals surface area (Å²) in [5.74, 6) is 0. The smallest absolute Gasteiger partial charge is 0.129 e. The Morgan fingerprint density at radius 1 is 1.58 bits per heavy atom. The highest BCUT2D eigenvalue weighted by molar-refractivity contribution is 7.77. The summed E-state index contributed by atoms with van der Waals surface area (Å²) in [7, 11) is 0. The molecule has 0 radical (unpaired) electrons. The number of thiol groups is 1. The normalized spacial score (nSPS) is 10.7. The third kappa shape index (κ3) is 3.01. The third-order valence-electron chi connectivity index (χ3n) is 1.52. The van der Waals surface area contributed by atoms with Gasteiger partial charge in [0, 0.05) is 19.3 Å². The maximum Gasteiger partial charge on any atom is 0.129 e. The molecule has 0 saturated heterocycles. The molecule has 0 bridgehead atoms. The zero-order valence-electron chi connectivity index (χ0n) is 6.87. The van der Waals surface area contributed by atoms with Crippen molar-refractivity contribution in [3.8, 4) is 0 Å². The number of pyridine rings is 1. The van der Waals surface area contributed by atoms with E-state index in [1.165, 1.54) is 0 Å². The fourth-order valence-corrected chi connectivity index (χ4v) is 1.10. The highest BCUT2D eigenvalue weighted by atomic mass is 35.5. The first-order valence-corrected chi connectivity index (χ1v) is 4.54. The monoisotopic (exact) mass is 202 g/mol. The molecule has 0 amide bonds. The van der Waals surface area contributed by atoms with Crippen LogP contribution in [0, 0.1) is 0 Å². The Hall–Kier alpha value is -0.250. The number of rotatable bonds is 3. The Bertz CT molecular complexity index is 237. The number of halogens is 1. The van der Waals surface area contributed by atoms with E-state index < -0.39 is 0 Å². The molecule has 1 aromatic rings. The van der Waals surface area contributed by atoms with Gasteiger partial charge in [0.25, 0.3) is 0 Å². The minimum Gasteiger partial charge on any atom is -0.249 e. The van der Waals surface area contributed by atoms with Gasteiger partial charge in [0.15, 0.2) is 0 Å². The zero-order valence-corrected chi connectivity index (χ0v) is 8.52. The summed E-state index contributed by atoms with van der Waals surface area (Å²) < 4.78 is 1.91. The average Bonchev–Trinajstić information content (AvgIpc) is 2.09. The molecule has 1 rings (SSSR count). The average molecular weight is 203 g/mol. The molecule has 0 aliphatic heterocycles. The van der Waals surface area contributed by atoms with E-state index in [0.29, 0.717) is 5.15 Å². The second-order valence-electron chi connectivity index (χ2n) is 2.47. The van der Waals surface area contributed by atoms with Gasteiger partial charge in [-0.25, -0.2) is 9.29 Å². The van der Waals surface area contributed by atoms with Crippen LogP contribution in [-0.4, -0.2) is 15.8 Å². The summed E-state index contributed by atoms with van der Waals surface area (Å²) in [4.78, 5) is 3.97. The van der Waals surface area contributed by atoms with E-state index >= 15 is 0 Å². The molecule has 0 atom stereocenters. The van der Waals surface area contributed by atoms with Gasteiger partial charge in [0.1, 0.15) is 5.15 Å². The largest absolute Gasteiger partial charge is 0.249 e. The predicted molar refractivity (Wildman–Crippen MR) is 54.3 cm³/mol. The van der Waals surface area contributed by atoms with E-state index in [1.807, 2.05) is 10.4 Å². The van der Waals surface area contributed by atoms with Crippen LogP contribution in [0.4, 0.5) is 0 Å². The summed E-state index contributed by atoms with van der Waals surface area (Å²) in [6.45, 7) is 3.76. The molecule has 0 aromatic carbocycles. The molecule has 4 heteroatoms. The first kappa shape index (κ1) is 9.84. The molecule has 0 saturated carbocycles. The lowest BCUT2D eigenvalue weighted by molar-refractivity contribution is 0.499. The van der Waals surface area contributed by atoms with E-state index in [4.69, 9.17) is 11.6 Å². The minimum atomic E-state index is 0.529. The lowest BCUT2D eigenvalue weighted by Gasteiger charge is -2.11. The number of aromatic nitrogens is 1. The van der Waals surface area contributed by atoms with E-state index in [0.717, 1.165) is 18.7 Å². The lowest BCUT2D eigenvalue weighted by Crippen LogP contribution is -2.10. The summed E-state index contributed by atoms with van der Waals surface area (Å²) >= 11 is 9.88. The van der Waals surface area contributed by atoms with Crippen molar-refractivity contribution in [3.63, 3.8) is 0 Å². The Labute approximate surface area is 83.1 Å². The van der Waals surface area contributed by atoms with E-state index in [-0.39, 0.29) is 0 Å². The summed E-state index contributed by atoms with van der Waals surface area (Å²) in [5, 5.41) is 0.529. The molecule has 12 heavy (non-hydrogen) atoms. The highest BCUT2D eigenvalue weighted by Gasteiger charge is 1.98. The molecule has 0 N–H and O–H groups in total. The molecular formula is C8H11ClN2S. The molecule has 0 spiro atoms. The minimum absolute atomic E-state index is 0.529. The fourth-order valence-electron chi connectivity index (χ4n) is 0.823. The maximum absolute atomic E-state index is 5.64. The second-order valence-corrected chi connectivity index (χ2v) is 3.42. The first-order valence-electron chi connectivity index (χ1n) is 3.76. The predicted octanol–water partition coefficient (Wildman–Crippen LogP) is 2.40. The van der Waals surface area contributed by atoms with Crippen LogP contribution in [0.5, 0.6) is 0 Å². The van der Waals surface area contributed by atoms with Gasteiger partial charge < -0.3 is 0 Å². The lowest BCUT2D eigenvalue weighted by atomic mass is 10.3. The van der Waals surface area contributed by atoms with Gasteiger partial charge in [0.2, 0.25) is 0 Å². The van der Waals surface area contributed by atoms with E-state index in [9.17, 15) is 0 Å². The van der Waals surface area contributed by atoms with Gasteiger partial charge in [-0.3, -0.25) is 0 Å². The van der Waals surface area contributed by atoms with Crippen molar-refractivity contribution >= 4 is 24.4 Å². The molecule has 0 aliphatic carbocycles. The Morgan fingerprint density at radius 2 is 2.33 bits per heavy atom. The maximum atomic E-state index is 5.64. The van der Waals surface area contributed by atoms with Gasteiger partial charge in [0.05, 0.1) is 0 Å². The summed E-state index contributed by atoms with van der Waals surface area (Å²) in [5.41, 5.74) is 1.12. The summed E-state index contributed by atoms with van der Waals surface area (Å²) in [6, 6.07) is 3.74. The molecule has 66 valence electrons. The number of nitrogens with zero attached hydrogens (tertiary/aromatic N) is 2. The van der Waals surface area contributed by atoms with E-state index in [1.54, 1.807) is 12.3 Å². The van der Waals surface area contributed by atoms with Crippen molar-refractivity contribution in [2.24, 2.45) is 0 Å². The van der Waals surface area contributed by atoms with Crippen molar-refractivity contribution in [2.45, 2.75) is 13.5 Å². The number of hydrogen-bond acceptors (Lipinski definition) is 3. The van der Waals surface area contributed by atoms with Crippen molar-refractivity contribution in [1.29, 1.82) is 0 Å². The Morgan fingerprint density at radius 3 is 2.83 bits per heavy atom. The van der Waals surface area contributed by atoms with Crippen LogP contribution in [0.2, 0.25) is 5.15 Å². The van der Waals surface area contributed by atoms with Crippen LogP contribution in [0.15, 0.2) is 18.3 Å². The van der Waals surface area contributed by atoms with Crippen molar-refractivity contribution < 1.29 is 0 Å². The molecule has 2 nitrogen and oxygen atoms in total. The van der Waals surface area contributed by atoms with Gasteiger partial charge in [-0.1, -0.05) is 37.4 Å². The van der Waals surface area contributed by atoms with Crippen LogP contribution in [0.1, 0.15) is 12.5 Å². The Kier molecular flexibility index (Phi) is 3.85. The van der Waals surface area contributed by atoms with Crippen LogP contribution in [-0.2, 0) is 6.54 Å². The molecular weight excluding hydrogens is 192 g/mol. The van der Waals surface area contributed by atoms with Crippen LogP contribution in [0.25, 0.3) is 0 Å². The molecule has 0 fully saturated rings. The van der Waals surface area contributed by atoms with Crippen molar-refractivity contribution in [1.82, 2.24) is 9.29 Å². The first-order chi connectivity index (χ1) is 5.72. The van der Waals surface area contributed by atoms with Gasteiger partial charge >= 0.3 is 0 Å². The Balaban J connectivity index is 2.58. The summed E-state index contributed by atoms with van der Waals surface area (Å²) in [6.07, 6.45) is 1.77. The van der Waals surface area contributed by atoms with Crippen LogP contribution < -0.4 is 0 Å². The number of hydrogen-bond donors (Lipinski definition) is 1. The van der Waals surface area contributed by atoms with Gasteiger partial charge in [-0.15, -0.1) is 0 Å². The van der Waals surface area contributed by atoms with Crippen LogP contribution in [0.3, 0.4) is 0 Å². The molecule has 1 heterocycles. The standard InChI is InChI=1S/C8H11ClN2S/c1-2-11(12)6-7-3-4-8(9)10-5-7/h3-5,12H,2,6H2,1H3. The molecule has 1 aromatic heterocycles. The second kappa shape index (κ2) is 4.70. The third-order valence-corrected chi connectivity index (χ3v) is 2.17. The SMILES string of the molecule is CCN(S)Cc1ccc(Cl)nc1. The van der Waals surface area contributed by atoms with Crippen molar-refractivity contribution in [2.75, 3.05) is 6.54 Å². The van der Waals surface area contributed by atoms with Gasteiger partial charge in [-0.2, -0.15) is 0 Å². The molecule has 0 unspecified atom stereocenters. The van der Waals surface area contributed by atoms with Crippen LogP contribution >= 0.6 is 24.4 Å². The van der Waals surface area contributed by atoms with Gasteiger partial charge in [-0.05, 0) is 11.6 Å². The zero-order chi connectivity index (χ0) is 8.97. The topological polar surface area (TPSA) is 16.1 Å². The van der Waals surface area contributed by atoms with E-state index in [2.05, 4.69) is 24.7 Å². The molecule has 0 aliphatic rings. The highest BCUT2D eigenvalue weighted by Crippen LogP contribution is 2.08.